The lowest BCUT2D eigenvalue weighted by molar-refractivity contribution is -0.158. The Bertz CT molecular complexity index is 2340. The quantitative estimate of drug-likeness (QED) is 0.107. The molecule has 0 aromatic heterocycles. The van der Waals surface area contributed by atoms with Gasteiger partial charge in [-0.05, 0) is 92.1 Å². The van der Waals surface area contributed by atoms with E-state index in [0.717, 1.165) is 16.7 Å². The molecule has 2 saturated heterocycles. The van der Waals surface area contributed by atoms with Gasteiger partial charge in [0, 0.05) is 65.5 Å². The summed E-state index contributed by atoms with van der Waals surface area (Å²) in [6.07, 6.45) is 1.61. The van der Waals surface area contributed by atoms with E-state index in [0.29, 0.717) is 47.0 Å². The number of rotatable bonds is 13. The molecule has 3 aromatic rings. The van der Waals surface area contributed by atoms with Gasteiger partial charge in [-0.3, -0.25) is 29.3 Å². The maximum Gasteiger partial charge on any atom is 0.255 e. The number of nitrogens with zero attached hydrogens (tertiary/aromatic N) is 2. The van der Waals surface area contributed by atoms with Crippen LogP contribution in [0.4, 0.5) is 0 Å². The molecule has 3 aromatic carbocycles. The monoisotopic (exact) mass is 874 g/mol. The largest absolute Gasteiger partial charge is 0.356 e. The molecule has 0 radical (unpaired) electrons. The summed E-state index contributed by atoms with van der Waals surface area (Å²) >= 11 is 12.9. The van der Waals surface area contributed by atoms with Crippen LogP contribution >= 0.6 is 23.2 Å². The minimum Gasteiger partial charge on any atom is -0.356 e. The van der Waals surface area contributed by atoms with Crippen molar-refractivity contribution in [2.45, 2.75) is 109 Å². The Balaban J connectivity index is 1.19. The maximum atomic E-state index is 15.1. The van der Waals surface area contributed by atoms with Gasteiger partial charge in [0.25, 0.3) is 5.91 Å². The van der Waals surface area contributed by atoms with E-state index in [9.17, 15) is 27.6 Å². The number of sulfone groups is 1. The van der Waals surface area contributed by atoms with E-state index in [-0.39, 0.29) is 67.0 Å². The smallest absolute Gasteiger partial charge is 0.255 e. The second-order valence-corrected chi connectivity index (χ2v) is 20.5. The van der Waals surface area contributed by atoms with E-state index in [1.54, 1.807) is 56.0 Å². The summed E-state index contributed by atoms with van der Waals surface area (Å²) in [7, 11) is -3.60. The van der Waals surface area contributed by atoms with E-state index in [1.807, 2.05) is 50.2 Å². The highest BCUT2D eigenvalue weighted by Crippen LogP contribution is 2.52. The number of fused-ring (bicyclic) bond motifs is 1. The first-order valence-electron chi connectivity index (χ1n) is 20.5. The van der Waals surface area contributed by atoms with Crippen molar-refractivity contribution in [3.63, 3.8) is 0 Å². The number of carbonyl (C=O) groups is 5. The predicted octanol–water partition coefficient (Wildman–Crippen LogP) is 7.00. The van der Waals surface area contributed by atoms with Crippen LogP contribution in [0.2, 0.25) is 10.0 Å². The minimum atomic E-state index is -3.60. The van der Waals surface area contributed by atoms with Gasteiger partial charge in [-0.1, -0.05) is 86.1 Å². The highest BCUT2D eigenvalue weighted by Gasteiger charge is 2.53. The molecule has 3 heterocycles. The van der Waals surface area contributed by atoms with Gasteiger partial charge < -0.3 is 15.1 Å². The van der Waals surface area contributed by atoms with Crippen LogP contribution < -0.4 is 10.6 Å². The molecule has 5 atom stereocenters. The van der Waals surface area contributed by atoms with Crippen molar-refractivity contribution >= 4 is 62.6 Å². The second-order valence-electron chi connectivity index (χ2n) is 17.0. The van der Waals surface area contributed by atoms with Gasteiger partial charge >= 0.3 is 0 Å². The number of unbranched alkanes of at least 4 members (excludes halogenated alkanes) is 1. The fourth-order valence-electron chi connectivity index (χ4n) is 8.62. The molecule has 0 spiro atoms. The molecule has 2 N–H and O–H groups in total. The summed E-state index contributed by atoms with van der Waals surface area (Å²) in [6, 6.07) is 18.1. The van der Waals surface area contributed by atoms with Crippen molar-refractivity contribution < 1.29 is 32.4 Å². The normalized spacial score (nSPS) is 22.4. The molecule has 6 rings (SSSR count). The Morgan fingerprint density at radius 2 is 1.68 bits per heavy atom. The number of benzene rings is 3. The van der Waals surface area contributed by atoms with Crippen LogP contribution in [0, 0.1) is 23.2 Å². The van der Waals surface area contributed by atoms with Gasteiger partial charge in [-0.15, -0.1) is 0 Å². The highest BCUT2D eigenvalue weighted by molar-refractivity contribution is 7.92. The van der Waals surface area contributed by atoms with E-state index >= 15 is 4.79 Å². The fraction of sp³-hybridized carbons (Fsp3) is 0.457. The third-order valence-electron chi connectivity index (χ3n) is 12.0. The fourth-order valence-corrected chi connectivity index (χ4v) is 10.3. The molecule has 3 aliphatic heterocycles. The number of piperidine rings is 2. The van der Waals surface area contributed by atoms with Crippen molar-refractivity contribution in [2.75, 3.05) is 12.3 Å². The average molecular weight is 876 g/mol. The molecular formula is C46H52Cl2N4O7S. The molecule has 5 amide bonds. The Kier molecular flexibility index (Phi) is 13.8. The van der Waals surface area contributed by atoms with Crippen LogP contribution in [0.5, 0.6) is 0 Å². The standard InChI is InChI=1S/C46H52Cl2N4O7S/c1-28(2)39(27-60(58,59)29(3)4)52-42(31-16-18-33(47)19-17-31)36(32-13-9-14-34(48)23-32)24-46(5,45(52)57)25-41(54)49-22-8-6-7-11-30-12-10-15-35-37(30)26-51(44(35)56)38-20-21-40(53)50-43(38)55/h9-10,12-19,23,28-29,36,38-39,42H,6,8,20-22,24-27H2,1-5H3,(H,49,54)(H,50,53,55)/t36-,38?,39?,42-,46-/m1/s1. The lowest BCUT2D eigenvalue weighted by Gasteiger charge is -2.53. The zero-order valence-corrected chi connectivity index (χ0v) is 36.9. The first-order valence-corrected chi connectivity index (χ1v) is 22.9. The van der Waals surface area contributed by atoms with Gasteiger partial charge in [-0.2, -0.15) is 0 Å². The summed E-state index contributed by atoms with van der Waals surface area (Å²) in [4.78, 5) is 69.5. The molecule has 0 saturated carbocycles. The van der Waals surface area contributed by atoms with Crippen molar-refractivity contribution in [1.29, 1.82) is 0 Å². The lowest BCUT2D eigenvalue weighted by atomic mass is 9.66. The summed E-state index contributed by atoms with van der Waals surface area (Å²) < 4.78 is 27.1. The SMILES string of the molecule is CC(C)C(CS(=O)(=O)C(C)C)N1C(=O)[C@@](C)(CC(=O)NCCCC#Cc2cccc3c2CN(C2CCC(=O)NC2=O)C3=O)C[C@H](c2cccc(Cl)c2)[C@H]1c1ccc(Cl)cc1. The average Bonchev–Trinajstić information content (AvgIpc) is 3.52. The first-order chi connectivity index (χ1) is 28.4. The third-order valence-corrected chi connectivity index (χ3v) is 14.7. The number of likely N-dealkylation sites (tertiary alicyclic amines) is 1. The second kappa shape index (κ2) is 18.5. The maximum absolute atomic E-state index is 15.1. The van der Waals surface area contributed by atoms with Gasteiger partial charge in [0.1, 0.15) is 6.04 Å². The molecule has 2 fully saturated rings. The van der Waals surface area contributed by atoms with Crippen LogP contribution in [0.3, 0.4) is 0 Å². The number of nitrogens with one attached hydrogen (secondary N) is 2. The van der Waals surface area contributed by atoms with Crippen molar-refractivity contribution in [2.24, 2.45) is 11.3 Å². The Morgan fingerprint density at radius 1 is 0.967 bits per heavy atom. The number of hydrogen-bond acceptors (Lipinski definition) is 7. The van der Waals surface area contributed by atoms with Crippen molar-refractivity contribution in [3.05, 3.63) is 105 Å². The Morgan fingerprint density at radius 3 is 2.35 bits per heavy atom. The van der Waals surface area contributed by atoms with Crippen LogP contribution in [0.15, 0.2) is 66.7 Å². The number of halogens is 2. The lowest BCUT2D eigenvalue weighted by Crippen LogP contribution is -2.59. The number of amides is 5. The molecule has 3 aliphatic rings. The predicted molar refractivity (Wildman–Crippen MR) is 232 cm³/mol. The molecule has 14 heteroatoms. The molecule has 0 aliphatic carbocycles. The zero-order chi connectivity index (χ0) is 43.5. The van der Waals surface area contributed by atoms with E-state index in [1.165, 1.54) is 4.90 Å². The van der Waals surface area contributed by atoms with E-state index in [2.05, 4.69) is 22.5 Å². The van der Waals surface area contributed by atoms with E-state index in [4.69, 9.17) is 23.2 Å². The zero-order valence-electron chi connectivity index (χ0n) is 34.6. The summed E-state index contributed by atoms with van der Waals surface area (Å²) in [6.45, 7) is 9.45. The van der Waals surface area contributed by atoms with Crippen LogP contribution in [0.25, 0.3) is 0 Å². The van der Waals surface area contributed by atoms with Crippen molar-refractivity contribution in [1.82, 2.24) is 20.4 Å². The summed E-state index contributed by atoms with van der Waals surface area (Å²) in [5.41, 5.74) is 2.39. The van der Waals surface area contributed by atoms with Crippen molar-refractivity contribution in [3.8, 4) is 11.8 Å². The first kappa shape index (κ1) is 44.8. The number of carbonyl (C=O) groups excluding carboxylic acids is 5. The molecule has 0 bridgehead atoms. The van der Waals surface area contributed by atoms with Gasteiger partial charge in [-0.25, -0.2) is 8.42 Å². The van der Waals surface area contributed by atoms with Crippen LogP contribution in [0.1, 0.15) is 118 Å². The van der Waals surface area contributed by atoms with Gasteiger partial charge in [0.2, 0.25) is 23.6 Å². The molecule has 2 unspecified atom stereocenters. The third kappa shape index (κ3) is 9.75. The van der Waals surface area contributed by atoms with Crippen LogP contribution in [-0.2, 0) is 35.6 Å². The topological polar surface area (TPSA) is 150 Å². The number of imide groups is 1. The molecular weight excluding hydrogens is 823 g/mol. The minimum absolute atomic E-state index is 0.117. The van der Waals surface area contributed by atoms with Gasteiger partial charge in [0.05, 0.1) is 22.5 Å². The summed E-state index contributed by atoms with van der Waals surface area (Å²) in [5.74, 6) is 3.82. The molecule has 11 nitrogen and oxygen atoms in total. The molecule has 318 valence electrons. The highest BCUT2D eigenvalue weighted by atomic mass is 35.5. The van der Waals surface area contributed by atoms with Crippen LogP contribution in [-0.4, -0.2) is 77.4 Å². The summed E-state index contributed by atoms with van der Waals surface area (Å²) in [5, 5.41) is 5.71. The van der Waals surface area contributed by atoms with E-state index < -0.39 is 44.5 Å². The Labute approximate surface area is 362 Å². The van der Waals surface area contributed by atoms with Gasteiger partial charge in [0.15, 0.2) is 9.84 Å². The molecule has 60 heavy (non-hydrogen) atoms. The Hall–Kier alpha value is -4.70. The number of hydrogen-bond donors (Lipinski definition) is 2.